The van der Waals surface area contributed by atoms with Crippen LogP contribution in [0.4, 0.5) is 8.78 Å². The third-order valence-corrected chi connectivity index (χ3v) is 3.02. The zero-order valence-electron chi connectivity index (χ0n) is 10.4. The number of halogens is 3. The molecule has 2 N–H and O–H groups in total. The smallest absolute Gasteiger partial charge is 0.224 e. The molecule has 3 nitrogen and oxygen atoms in total. The molecule has 0 radical (unpaired) electrons. The predicted molar refractivity (Wildman–Crippen MR) is 70.8 cm³/mol. The van der Waals surface area contributed by atoms with E-state index in [1.165, 1.54) is 12.1 Å². The number of rotatable bonds is 5. The quantitative estimate of drug-likeness (QED) is 0.904. The van der Waals surface area contributed by atoms with Crippen molar-refractivity contribution < 1.29 is 13.6 Å². The van der Waals surface area contributed by atoms with Crippen LogP contribution in [0.25, 0.3) is 0 Å². The Balaban J connectivity index is 0.00000180. The van der Waals surface area contributed by atoms with E-state index in [4.69, 9.17) is 5.73 Å². The van der Waals surface area contributed by atoms with Crippen molar-refractivity contribution >= 4 is 18.3 Å². The van der Waals surface area contributed by atoms with Gasteiger partial charge in [0.25, 0.3) is 0 Å². The summed E-state index contributed by atoms with van der Waals surface area (Å²) in [5.41, 5.74) is 5.70. The van der Waals surface area contributed by atoms with Gasteiger partial charge < -0.3 is 10.6 Å². The maximum absolute atomic E-state index is 13.5. The van der Waals surface area contributed by atoms with Crippen molar-refractivity contribution in [1.29, 1.82) is 0 Å². The standard InChI is InChI=1S/C13H16F2N2O.ClH/c14-10-2-1-9(12(15)7-10)8-17(11-3-4-11)13(18)5-6-16;/h1-2,7,11H,3-6,8,16H2;1H. The second kappa shape index (κ2) is 6.82. The molecule has 1 aliphatic carbocycles. The summed E-state index contributed by atoms with van der Waals surface area (Å²) in [5.74, 6) is -1.28. The predicted octanol–water partition coefficient (Wildman–Crippen LogP) is 2.23. The zero-order valence-corrected chi connectivity index (χ0v) is 11.3. The van der Waals surface area contributed by atoms with E-state index in [-0.39, 0.29) is 43.9 Å². The fraction of sp³-hybridized carbons (Fsp3) is 0.462. The van der Waals surface area contributed by atoms with Crippen molar-refractivity contribution in [2.45, 2.75) is 31.8 Å². The maximum Gasteiger partial charge on any atom is 0.224 e. The molecule has 1 aromatic rings. The molecule has 1 amide bonds. The molecule has 0 aliphatic heterocycles. The lowest BCUT2D eigenvalue weighted by atomic mass is 10.2. The van der Waals surface area contributed by atoms with Crippen LogP contribution < -0.4 is 5.73 Å². The van der Waals surface area contributed by atoms with Gasteiger partial charge in [-0.1, -0.05) is 6.07 Å². The Labute approximate surface area is 117 Å². The van der Waals surface area contributed by atoms with Crippen molar-refractivity contribution in [2.24, 2.45) is 5.73 Å². The van der Waals surface area contributed by atoms with Gasteiger partial charge in [-0.05, 0) is 18.9 Å². The van der Waals surface area contributed by atoms with Gasteiger partial charge >= 0.3 is 0 Å². The van der Waals surface area contributed by atoms with Crippen LogP contribution in [-0.2, 0) is 11.3 Å². The van der Waals surface area contributed by atoms with Crippen LogP contribution in [0, 0.1) is 11.6 Å². The minimum absolute atomic E-state index is 0. The molecule has 19 heavy (non-hydrogen) atoms. The number of nitrogens with two attached hydrogens (primary N) is 1. The summed E-state index contributed by atoms with van der Waals surface area (Å²) in [6.45, 7) is 0.476. The summed E-state index contributed by atoms with van der Waals surface area (Å²) in [5, 5.41) is 0. The molecule has 0 aromatic heterocycles. The lowest BCUT2D eigenvalue weighted by Gasteiger charge is -2.22. The number of hydrogen-bond donors (Lipinski definition) is 1. The van der Waals surface area contributed by atoms with Crippen molar-refractivity contribution in [3.8, 4) is 0 Å². The van der Waals surface area contributed by atoms with Crippen LogP contribution in [-0.4, -0.2) is 23.4 Å². The Morgan fingerprint density at radius 1 is 1.37 bits per heavy atom. The third kappa shape index (κ3) is 4.14. The van der Waals surface area contributed by atoms with Crippen LogP contribution in [0.2, 0.25) is 0 Å². The Kier molecular flexibility index (Phi) is 5.69. The largest absolute Gasteiger partial charge is 0.335 e. The summed E-state index contributed by atoms with van der Waals surface area (Å²) >= 11 is 0. The second-order valence-corrected chi connectivity index (χ2v) is 4.53. The fourth-order valence-corrected chi connectivity index (χ4v) is 1.91. The summed E-state index contributed by atoms with van der Waals surface area (Å²) in [4.78, 5) is 13.5. The average molecular weight is 291 g/mol. The minimum atomic E-state index is -0.610. The molecule has 0 spiro atoms. The van der Waals surface area contributed by atoms with E-state index < -0.39 is 11.6 Å². The van der Waals surface area contributed by atoms with Crippen LogP contribution >= 0.6 is 12.4 Å². The number of nitrogens with zero attached hydrogens (tertiary/aromatic N) is 1. The maximum atomic E-state index is 13.5. The Bertz CT molecular complexity index is 452. The lowest BCUT2D eigenvalue weighted by molar-refractivity contribution is -0.132. The van der Waals surface area contributed by atoms with Gasteiger partial charge in [0, 0.05) is 37.2 Å². The number of carbonyl (C=O) groups excluding carboxylic acids is 1. The number of carbonyl (C=O) groups is 1. The van der Waals surface area contributed by atoms with Crippen molar-refractivity contribution in [3.05, 3.63) is 35.4 Å². The third-order valence-electron chi connectivity index (χ3n) is 3.02. The van der Waals surface area contributed by atoms with Gasteiger partial charge in [0.15, 0.2) is 0 Å². The summed E-state index contributed by atoms with van der Waals surface area (Å²) in [7, 11) is 0. The normalized spacial score (nSPS) is 13.8. The Hall–Kier alpha value is -1.20. The molecule has 0 atom stereocenters. The zero-order chi connectivity index (χ0) is 13.1. The van der Waals surface area contributed by atoms with Crippen molar-refractivity contribution in [1.82, 2.24) is 4.90 Å². The molecular weight excluding hydrogens is 274 g/mol. The first-order valence-corrected chi connectivity index (χ1v) is 6.05. The van der Waals surface area contributed by atoms with Gasteiger partial charge in [-0.3, -0.25) is 4.79 Å². The monoisotopic (exact) mass is 290 g/mol. The molecule has 0 saturated heterocycles. The SMILES string of the molecule is Cl.NCCC(=O)N(Cc1ccc(F)cc1F)C1CC1. The van der Waals surface area contributed by atoms with Crippen LogP contribution in [0.3, 0.4) is 0 Å². The Morgan fingerprint density at radius 2 is 2.05 bits per heavy atom. The van der Waals surface area contributed by atoms with Gasteiger partial charge in [-0.2, -0.15) is 0 Å². The molecule has 6 heteroatoms. The molecular formula is C13H17ClF2N2O. The molecule has 1 aromatic carbocycles. The van der Waals surface area contributed by atoms with E-state index in [0.717, 1.165) is 18.9 Å². The van der Waals surface area contributed by atoms with Gasteiger partial charge in [0.2, 0.25) is 5.91 Å². The van der Waals surface area contributed by atoms with Gasteiger partial charge in [0.05, 0.1) is 0 Å². The number of amides is 1. The first-order chi connectivity index (χ1) is 8.61. The first kappa shape index (κ1) is 15.9. The van der Waals surface area contributed by atoms with E-state index in [9.17, 15) is 13.6 Å². The molecule has 0 unspecified atom stereocenters. The summed E-state index contributed by atoms with van der Waals surface area (Å²) < 4.78 is 26.3. The van der Waals surface area contributed by atoms with E-state index in [1.807, 2.05) is 0 Å². The molecule has 0 bridgehead atoms. The fourth-order valence-electron chi connectivity index (χ4n) is 1.91. The molecule has 1 fully saturated rings. The average Bonchev–Trinajstić information content (AvgIpc) is 3.12. The van der Waals surface area contributed by atoms with Crippen LogP contribution in [0.15, 0.2) is 18.2 Å². The summed E-state index contributed by atoms with van der Waals surface area (Å²) in [6, 6.07) is 3.62. The topological polar surface area (TPSA) is 46.3 Å². The highest BCUT2D eigenvalue weighted by Crippen LogP contribution is 2.29. The van der Waals surface area contributed by atoms with E-state index in [2.05, 4.69) is 0 Å². The van der Waals surface area contributed by atoms with Crippen LogP contribution in [0.5, 0.6) is 0 Å². The van der Waals surface area contributed by atoms with E-state index >= 15 is 0 Å². The minimum Gasteiger partial charge on any atom is -0.335 e. The van der Waals surface area contributed by atoms with Crippen molar-refractivity contribution in [3.63, 3.8) is 0 Å². The Morgan fingerprint density at radius 3 is 2.58 bits per heavy atom. The molecule has 0 heterocycles. The number of hydrogen-bond acceptors (Lipinski definition) is 2. The summed E-state index contributed by atoms with van der Waals surface area (Å²) in [6.07, 6.45) is 2.15. The van der Waals surface area contributed by atoms with E-state index in [1.54, 1.807) is 4.90 Å². The molecule has 106 valence electrons. The van der Waals surface area contributed by atoms with Gasteiger partial charge in [-0.15, -0.1) is 12.4 Å². The van der Waals surface area contributed by atoms with Crippen LogP contribution in [0.1, 0.15) is 24.8 Å². The molecule has 1 aliphatic rings. The molecule has 2 rings (SSSR count). The highest BCUT2D eigenvalue weighted by molar-refractivity contribution is 5.85. The number of benzene rings is 1. The van der Waals surface area contributed by atoms with Gasteiger partial charge in [0.1, 0.15) is 11.6 Å². The second-order valence-electron chi connectivity index (χ2n) is 4.53. The molecule has 1 saturated carbocycles. The lowest BCUT2D eigenvalue weighted by Crippen LogP contribution is -2.34. The highest BCUT2D eigenvalue weighted by Gasteiger charge is 2.32. The van der Waals surface area contributed by atoms with E-state index in [0.29, 0.717) is 5.56 Å². The van der Waals surface area contributed by atoms with Gasteiger partial charge in [-0.25, -0.2) is 8.78 Å². The first-order valence-electron chi connectivity index (χ1n) is 6.05. The van der Waals surface area contributed by atoms with Crippen molar-refractivity contribution in [2.75, 3.05) is 6.54 Å². The highest BCUT2D eigenvalue weighted by atomic mass is 35.5.